The first-order valence-corrected chi connectivity index (χ1v) is 11.1. The van der Waals surface area contributed by atoms with Crippen LogP contribution >= 0.6 is 11.3 Å². The van der Waals surface area contributed by atoms with Crippen LogP contribution in [0.2, 0.25) is 0 Å². The van der Waals surface area contributed by atoms with E-state index in [1.807, 2.05) is 0 Å². The smallest absolute Gasteiger partial charge is 0.275 e. The number of aliphatic imine (C=N–C) groups is 1. The van der Waals surface area contributed by atoms with Gasteiger partial charge >= 0.3 is 0 Å². The van der Waals surface area contributed by atoms with Crippen LogP contribution in [-0.4, -0.2) is 41.6 Å². The van der Waals surface area contributed by atoms with Gasteiger partial charge in [0.2, 0.25) is 5.90 Å². The number of piperidine rings is 1. The van der Waals surface area contributed by atoms with Crippen molar-refractivity contribution < 1.29 is 18.3 Å². The average molecular weight is 445 g/mol. The van der Waals surface area contributed by atoms with Crippen LogP contribution in [0.1, 0.15) is 36.2 Å². The molecule has 2 unspecified atom stereocenters. The quantitative estimate of drug-likeness (QED) is 0.674. The number of nitrogens with zero attached hydrogens (tertiary/aromatic N) is 2. The molecule has 1 amide bonds. The molecule has 4 heterocycles. The molecule has 5 rings (SSSR count). The molecule has 10 heteroatoms. The number of carbonyl (C=O) groups is 1. The minimum absolute atomic E-state index is 0.0470. The summed E-state index contributed by atoms with van der Waals surface area (Å²) in [5.74, 6) is -1.57. The van der Waals surface area contributed by atoms with Gasteiger partial charge in [0.25, 0.3) is 5.91 Å². The van der Waals surface area contributed by atoms with E-state index in [-0.39, 0.29) is 22.4 Å². The monoisotopic (exact) mass is 445 g/mol. The van der Waals surface area contributed by atoms with Crippen LogP contribution in [0, 0.1) is 11.6 Å². The number of halogens is 2. The number of ether oxygens (including phenoxy) is 1. The van der Waals surface area contributed by atoms with Crippen molar-refractivity contribution in [2.24, 2.45) is 4.99 Å². The third-order valence-electron chi connectivity index (χ3n) is 5.66. The SMILES string of the molecule is O=C(NC1=CNCN=C1OC1CC2CCC(C1)N2)c1csc(-c2c(F)cccc2F)n1. The summed E-state index contributed by atoms with van der Waals surface area (Å²) in [5.41, 5.74) is 0.235. The molecule has 2 fully saturated rings. The van der Waals surface area contributed by atoms with E-state index in [0.717, 1.165) is 49.2 Å². The first-order valence-electron chi connectivity index (χ1n) is 10.2. The molecule has 1 aromatic heterocycles. The van der Waals surface area contributed by atoms with Gasteiger partial charge < -0.3 is 20.7 Å². The van der Waals surface area contributed by atoms with Crippen LogP contribution in [0.25, 0.3) is 10.6 Å². The predicted molar refractivity (Wildman–Crippen MR) is 113 cm³/mol. The number of rotatable bonds is 4. The van der Waals surface area contributed by atoms with Crippen molar-refractivity contribution in [1.29, 1.82) is 0 Å². The molecule has 2 saturated heterocycles. The normalized spacial score (nSPS) is 24.8. The van der Waals surface area contributed by atoms with Gasteiger partial charge in [0, 0.05) is 23.7 Å². The summed E-state index contributed by atoms with van der Waals surface area (Å²) in [5, 5.41) is 10.9. The summed E-state index contributed by atoms with van der Waals surface area (Å²) in [7, 11) is 0. The van der Waals surface area contributed by atoms with E-state index < -0.39 is 17.5 Å². The molecule has 3 aliphatic rings. The lowest BCUT2D eigenvalue weighted by atomic mass is 10.0. The number of thiazole rings is 1. The number of benzene rings is 1. The maximum atomic E-state index is 14.0. The molecule has 0 aliphatic carbocycles. The fourth-order valence-electron chi connectivity index (χ4n) is 4.24. The van der Waals surface area contributed by atoms with Gasteiger partial charge in [-0.2, -0.15) is 0 Å². The first kappa shape index (κ1) is 20.1. The van der Waals surface area contributed by atoms with Gasteiger partial charge in [0.05, 0.1) is 5.56 Å². The minimum atomic E-state index is -0.723. The number of nitrogens with one attached hydrogen (secondary N) is 3. The number of amides is 1. The topological polar surface area (TPSA) is 87.6 Å². The van der Waals surface area contributed by atoms with Crippen LogP contribution < -0.4 is 16.0 Å². The molecular weight excluding hydrogens is 424 g/mol. The lowest BCUT2D eigenvalue weighted by Gasteiger charge is -2.30. The second-order valence-corrected chi connectivity index (χ2v) is 8.68. The molecule has 1 aromatic carbocycles. The van der Waals surface area contributed by atoms with Crippen molar-refractivity contribution in [3.63, 3.8) is 0 Å². The third kappa shape index (κ3) is 4.17. The van der Waals surface area contributed by atoms with Gasteiger partial charge in [-0.25, -0.2) is 18.8 Å². The molecule has 2 atom stereocenters. The van der Waals surface area contributed by atoms with Crippen molar-refractivity contribution in [2.75, 3.05) is 6.67 Å². The molecular formula is C21H21F2N5O2S. The highest BCUT2D eigenvalue weighted by molar-refractivity contribution is 7.13. The Morgan fingerprint density at radius 3 is 2.68 bits per heavy atom. The molecule has 3 N–H and O–H groups in total. The highest BCUT2D eigenvalue weighted by Gasteiger charge is 2.35. The molecule has 31 heavy (non-hydrogen) atoms. The molecule has 162 valence electrons. The van der Waals surface area contributed by atoms with Crippen molar-refractivity contribution in [2.45, 2.75) is 43.9 Å². The van der Waals surface area contributed by atoms with Crippen LogP contribution in [0.3, 0.4) is 0 Å². The van der Waals surface area contributed by atoms with Crippen LogP contribution in [-0.2, 0) is 4.74 Å². The summed E-state index contributed by atoms with van der Waals surface area (Å²) in [6.45, 7) is 0.361. The van der Waals surface area contributed by atoms with E-state index in [9.17, 15) is 13.6 Å². The summed E-state index contributed by atoms with van der Waals surface area (Å²) in [4.78, 5) is 21.2. The van der Waals surface area contributed by atoms with Crippen LogP contribution in [0.5, 0.6) is 0 Å². The maximum absolute atomic E-state index is 14.0. The Balaban J connectivity index is 1.28. The van der Waals surface area contributed by atoms with E-state index in [4.69, 9.17) is 4.74 Å². The Bertz CT molecular complexity index is 1040. The molecule has 2 bridgehead atoms. The van der Waals surface area contributed by atoms with E-state index in [1.54, 1.807) is 6.20 Å². The van der Waals surface area contributed by atoms with Gasteiger partial charge in [0.15, 0.2) is 0 Å². The number of aromatic nitrogens is 1. The molecule has 0 radical (unpaired) electrons. The maximum Gasteiger partial charge on any atom is 0.275 e. The van der Waals surface area contributed by atoms with Crippen molar-refractivity contribution in [3.8, 4) is 10.6 Å². The van der Waals surface area contributed by atoms with Crippen LogP contribution in [0.4, 0.5) is 8.78 Å². The number of carbonyl (C=O) groups excluding carboxylic acids is 1. The van der Waals surface area contributed by atoms with E-state index in [2.05, 4.69) is 25.9 Å². The Hall–Kier alpha value is -2.85. The highest BCUT2D eigenvalue weighted by atomic mass is 32.1. The zero-order valence-corrected chi connectivity index (χ0v) is 17.3. The van der Waals surface area contributed by atoms with Crippen molar-refractivity contribution >= 4 is 23.1 Å². The largest absolute Gasteiger partial charge is 0.473 e. The second kappa shape index (κ2) is 8.35. The second-order valence-electron chi connectivity index (χ2n) is 7.82. The molecule has 2 aromatic rings. The Kier molecular flexibility index (Phi) is 5.41. The Morgan fingerprint density at radius 1 is 1.19 bits per heavy atom. The minimum Gasteiger partial charge on any atom is -0.473 e. The van der Waals surface area contributed by atoms with Crippen LogP contribution in [0.15, 0.2) is 40.5 Å². The number of fused-ring (bicyclic) bond motifs is 2. The van der Waals surface area contributed by atoms with E-state index >= 15 is 0 Å². The lowest BCUT2D eigenvalue weighted by molar-refractivity contribution is 0.0954. The molecule has 0 saturated carbocycles. The van der Waals surface area contributed by atoms with E-state index in [1.165, 1.54) is 11.4 Å². The van der Waals surface area contributed by atoms with Crippen molar-refractivity contribution in [3.05, 3.63) is 52.8 Å². The fraction of sp³-hybridized carbons (Fsp3) is 0.381. The average Bonchev–Trinajstić information content (AvgIpc) is 3.36. The van der Waals surface area contributed by atoms with Crippen molar-refractivity contribution in [1.82, 2.24) is 20.9 Å². The third-order valence-corrected chi connectivity index (χ3v) is 6.52. The lowest BCUT2D eigenvalue weighted by Crippen LogP contribution is -2.43. The zero-order valence-electron chi connectivity index (χ0n) is 16.5. The Morgan fingerprint density at radius 2 is 1.94 bits per heavy atom. The number of hydrogen-bond acceptors (Lipinski definition) is 7. The molecule has 0 spiro atoms. The van der Waals surface area contributed by atoms with Gasteiger partial charge in [-0.15, -0.1) is 11.3 Å². The Labute approximate surface area is 181 Å². The summed E-state index contributed by atoms with van der Waals surface area (Å²) >= 11 is 1.00. The highest BCUT2D eigenvalue weighted by Crippen LogP contribution is 2.30. The van der Waals surface area contributed by atoms with Gasteiger partial charge in [-0.05, 0) is 37.8 Å². The predicted octanol–water partition coefficient (Wildman–Crippen LogP) is 2.92. The standard InChI is InChI=1S/C21H21F2N5O2S/c22-14-2-1-3-15(23)18(14)21-28-17(9-31-21)19(29)27-16-8-24-10-25-20(16)30-13-6-11-4-5-12(7-13)26-11/h1-3,8-9,11-13,24,26H,4-7,10H2,(H,27,29). The molecule has 3 aliphatic heterocycles. The first-order chi connectivity index (χ1) is 15.1. The molecule has 7 nitrogen and oxygen atoms in total. The summed E-state index contributed by atoms with van der Waals surface area (Å²) in [6.07, 6.45) is 5.83. The summed E-state index contributed by atoms with van der Waals surface area (Å²) < 4.78 is 34.2. The fourth-order valence-corrected chi connectivity index (χ4v) is 5.09. The van der Waals surface area contributed by atoms with Gasteiger partial charge in [-0.1, -0.05) is 6.07 Å². The number of hydrogen-bond donors (Lipinski definition) is 3. The van der Waals surface area contributed by atoms with E-state index in [0.29, 0.717) is 30.3 Å². The van der Waals surface area contributed by atoms with Gasteiger partial charge in [0.1, 0.15) is 40.8 Å². The summed E-state index contributed by atoms with van der Waals surface area (Å²) in [6, 6.07) is 4.55. The zero-order chi connectivity index (χ0) is 21.4. The van der Waals surface area contributed by atoms with Gasteiger partial charge in [-0.3, -0.25) is 4.79 Å².